The lowest BCUT2D eigenvalue weighted by Crippen LogP contribution is -2.42. The molecule has 2 aromatic rings. The minimum absolute atomic E-state index is 0.0111. The summed E-state index contributed by atoms with van der Waals surface area (Å²) in [6, 6.07) is 11.0. The molecule has 0 spiro atoms. The number of carbonyl (C=O) groups is 2. The largest absolute Gasteiger partial charge is 0.456 e. The number of carbonyl (C=O) groups excluding carboxylic acids is 2. The highest BCUT2D eigenvalue weighted by Gasteiger charge is 2.29. The molecule has 26 heavy (non-hydrogen) atoms. The van der Waals surface area contributed by atoms with Gasteiger partial charge in [-0.05, 0) is 31.0 Å². The maximum atomic E-state index is 12.9. The number of aromatic nitrogens is 1. The molecule has 0 bridgehead atoms. The van der Waals surface area contributed by atoms with E-state index in [4.69, 9.17) is 4.74 Å². The van der Waals surface area contributed by atoms with E-state index < -0.39 is 0 Å². The molecule has 1 aromatic carbocycles. The van der Waals surface area contributed by atoms with Crippen LogP contribution in [0, 0.1) is 5.92 Å². The average Bonchev–Trinajstić information content (AvgIpc) is 2.68. The Kier molecular flexibility index (Phi) is 5.51. The second kappa shape index (κ2) is 7.99. The summed E-state index contributed by atoms with van der Waals surface area (Å²) in [5.74, 6) is 1.17. The number of nitrogens with zero attached hydrogens (tertiary/aromatic N) is 3. The van der Waals surface area contributed by atoms with Crippen molar-refractivity contribution in [3.05, 3.63) is 54.4 Å². The molecule has 136 valence electrons. The van der Waals surface area contributed by atoms with Gasteiger partial charge in [0, 0.05) is 45.5 Å². The minimum Gasteiger partial charge on any atom is -0.456 e. The van der Waals surface area contributed by atoms with Crippen LogP contribution >= 0.6 is 0 Å². The van der Waals surface area contributed by atoms with Gasteiger partial charge in [-0.15, -0.1) is 0 Å². The summed E-state index contributed by atoms with van der Waals surface area (Å²) in [5, 5.41) is 0. The van der Waals surface area contributed by atoms with Crippen molar-refractivity contribution in [1.29, 1.82) is 0 Å². The number of piperidine rings is 1. The monoisotopic (exact) mass is 353 g/mol. The number of para-hydroxylation sites is 1. The molecule has 1 fully saturated rings. The number of ether oxygens (including phenoxy) is 1. The molecule has 3 rings (SSSR count). The van der Waals surface area contributed by atoms with Crippen LogP contribution in [0.5, 0.6) is 11.5 Å². The van der Waals surface area contributed by atoms with Crippen molar-refractivity contribution in [3.8, 4) is 11.5 Å². The van der Waals surface area contributed by atoms with Crippen molar-refractivity contribution < 1.29 is 14.3 Å². The van der Waals surface area contributed by atoms with Crippen LogP contribution in [-0.4, -0.2) is 53.8 Å². The molecule has 1 aliphatic heterocycles. The topological polar surface area (TPSA) is 62.7 Å². The molecule has 0 unspecified atom stereocenters. The highest BCUT2D eigenvalue weighted by Crippen LogP contribution is 2.27. The van der Waals surface area contributed by atoms with Gasteiger partial charge in [-0.1, -0.05) is 18.2 Å². The fourth-order valence-corrected chi connectivity index (χ4v) is 3.11. The molecule has 0 aliphatic carbocycles. The summed E-state index contributed by atoms with van der Waals surface area (Å²) >= 11 is 0. The summed E-state index contributed by atoms with van der Waals surface area (Å²) in [7, 11) is 3.53. The molecule has 1 aromatic heterocycles. The number of rotatable bonds is 4. The summed E-state index contributed by atoms with van der Waals surface area (Å²) in [6.45, 7) is 1.12. The smallest absolute Gasteiger partial charge is 0.259 e. The lowest BCUT2D eigenvalue weighted by Gasteiger charge is -2.32. The van der Waals surface area contributed by atoms with E-state index in [2.05, 4.69) is 4.98 Å². The fourth-order valence-electron chi connectivity index (χ4n) is 3.11. The SMILES string of the molecule is CN(C)C(=O)C1CCN(C(=O)c2cnccc2Oc2ccccc2)CC1. The third-order valence-electron chi connectivity index (χ3n) is 4.55. The molecule has 2 heterocycles. The molecule has 0 N–H and O–H groups in total. The van der Waals surface area contributed by atoms with Crippen molar-refractivity contribution in [3.63, 3.8) is 0 Å². The van der Waals surface area contributed by atoms with E-state index in [9.17, 15) is 9.59 Å². The van der Waals surface area contributed by atoms with Gasteiger partial charge in [0.05, 0.1) is 0 Å². The van der Waals surface area contributed by atoms with Crippen LogP contribution < -0.4 is 4.74 Å². The molecule has 1 saturated heterocycles. The Morgan fingerprint density at radius 1 is 1.12 bits per heavy atom. The summed E-state index contributed by atoms with van der Waals surface area (Å²) in [4.78, 5) is 32.5. The van der Waals surface area contributed by atoms with Gasteiger partial charge in [-0.2, -0.15) is 0 Å². The summed E-state index contributed by atoms with van der Waals surface area (Å²) in [5.41, 5.74) is 0.439. The molecule has 6 nitrogen and oxygen atoms in total. The van der Waals surface area contributed by atoms with E-state index in [0.29, 0.717) is 43.0 Å². The number of amides is 2. The van der Waals surface area contributed by atoms with E-state index >= 15 is 0 Å². The van der Waals surface area contributed by atoms with Gasteiger partial charge in [0.25, 0.3) is 5.91 Å². The highest BCUT2D eigenvalue weighted by molar-refractivity contribution is 5.96. The van der Waals surface area contributed by atoms with Crippen molar-refractivity contribution in [2.45, 2.75) is 12.8 Å². The Morgan fingerprint density at radius 3 is 2.46 bits per heavy atom. The van der Waals surface area contributed by atoms with Crippen molar-refractivity contribution in [2.24, 2.45) is 5.92 Å². The first kappa shape index (κ1) is 17.9. The quantitative estimate of drug-likeness (QED) is 0.848. The maximum absolute atomic E-state index is 12.9. The van der Waals surface area contributed by atoms with Crippen molar-refractivity contribution in [1.82, 2.24) is 14.8 Å². The van der Waals surface area contributed by atoms with Crippen molar-refractivity contribution in [2.75, 3.05) is 27.2 Å². The third-order valence-corrected chi connectivity index (χ3v) is 4.55. The van der Waals surface area contributed by atoms with Gasteiger partial charge >= 0.3 is 0 Å². The molecule has 6 heteroatoms. The molecule has 1 aliphatic rings. The lowest BCUT2D eigenvalue weighted by atomic mass is 9.95. The second-order valence-electron chi connectivity index (χ2n) is 6.59. The first-order chi connectivity index (χ1) is 12.6. The van der Waals surface area contributed by atoms with E-state index in [1.807, 2.05) is 30.3 Å². The van der Waals surface area contributed by atoms with Gasteiger partial charge < -0.3 is 14.5 Å². The van der Waals surface area contributed by atoms with Crippen LogP contribution in [0.15, 0.2) is 48.8 Å². The Hall–Kier alpha value is -2.89. The first-order valence-electron chi connectivity index (χ1n) is 8.73. The number of likely N-dealkylation sites (tertiary alicyclic amines) is 1. The van der Waals surface area contributed by atoms with E-state index in [0.717, 1.165) is 0 Å². The van der Waals surface area contributed by atoms with Gasteiger partial charge in [-0.3, -0.25) is 14.6 Å². The Morgan fingerprint density at radius 2 is 1.81 bits per heavy atom. The van der Waals surface area contributed by atoms with Gasteiger partial charge in [0.15, 0.2) is 0 Å². The zero-order valence-corrected chi connectivity index (χ0v) is 15.1. The minimum atomic E-state index is -0.111. The maximum Gasteiger partial charge on any atom is 0.259 e. The number of pyridine rings is 1. The fraction of sp³-hybridized carbons (Fsp3) is 0.350. The number of hydrogen-bond donors (Lipinski definition) is 0. The Labute approximate surface area is 153 Å². The van der Waals surface area contributed by atoms with Gasteiger partial charge in [-0.25, -0.2) is 0 Å². The predicted molar refractivity (Wildman–Crippen MR) is 98.1 cm³/mol. The van der Waals surface area contributed by atoms with Gasteiger partial charge in [0.2, 0.25) is 5.91 Å². The van der Waals surface area contributed by atoms with Crippen LogP contribution in [0.3, 0.4) is 0 Å². The highest BCUT2D eigenvalue weighted by atomic mass is 16.5. The van der Waals surface area contributed by atoms with Crippen LogP contribution in [0.4, 0.5) is 0 Å². The predicted octanol–water partition coefficient (Wildman–Crippen LogP) is 2.81. The average molecular weight is 353 g/mol. The molecule has 2 amide bonds. The zero-order chi connectivity index (χ0) is 18.5. The molecular formula is C20H23N3O3. The van der Waals surface area contributed by atoms with E-state index in [-0.39, 0.29) is 17.7 Å². The standard InChI is InChI=1S/C20H23N3O3/c1-22(2)19(24)15-9-12-23(13-10-15)20(25)17-14-21-11-8-18(17)26-16-6-4-3-5-7-16/h3-8,11,14-15H,9-10,12-13H2,1-2H3. The van der Waals surface area contributed by atoms with Crippen molar-refractivity contribution >= 4 is 11.8 Å². The first-order valence-corrected chi connectivity index (χ1v) is 8.73. The van der Waals surface area contributed by atoms with Crippen LogP contribution in [-0.2, 0) is 4.79 Å². The molecule has 0 saturated carbocycles. The van der Waals surface area contributed by atoms with Gasteiger partial charge in [0.1, 0.15) is 17.1 Å². The summed E-state index contributed by atoms with van der Waals surface area (Å²) < 4.78 is 5.86. The normalized spacial score (nSPS) is 14.8. The van der Waals surface area contributed by atoms with Crippen LogP contribution in [0.25, 0.3) is 0 Å². The Bertz CT molecular complexity index is 769. The number of hydrogen-bond acceptors (Lipinski definition) is 4. The van der Waals surface area contributed by atoms with E-state index in [1.165, 1.54) is 6.20 Å². The van der Waals surface area contributed by atoms with E-state index in [1.54, 1.807) is 36.2 Å². The summed E-state index contributed by atoms with van der Waals surface area (Å²) in [6.07, 6.45) is 4.50. The lowest BCUT2D eigenvalue weighted by molar-refractivity contribution is -0.134. The Balaban J connectivity index is 1.70. The van der Waals surface area contributed by atoms with Crippen LogP contribution in [0.2, 0.25) is 0 Å². The molecule has 0 radical (unpaired) electrons. The molecular weight excluding hydrogens is 330 g/mol. The number of benzene rings is 1. The zero-order valence-electron chi connectivity index (χ0n) is 15.1. The molecule has 0 atom stereocenters. The third kappa shape index (κ3) is 4.02. The second-order valence-corrected chi connectivity index (χ2v) is 6.59. The van der Waals surface area contributed by atoms with Crippen LogP contribution in [0.1, 0.15) is 23.2 Å².